The smallest absolute Gasteiger partial charge is 0.227 e. The van der Waals surface area contributed by atoms with Gasteiger partial charge in [-0.2, -0.15) is 5.26 Å². The topological polar surface area (TPSA) is 80.5 Å². The number of pyridine rings is 1. The molecule has 1 aromatic heterocycles. The van der Waals surface area contributed by atoms with Gasteiger partial charge in [-0.05, 0) is 59.8 Å². The zero-order valence-corrected chi connectivity index (χ0v) is 19.8. The maximum Gasteiger partial charge on any atom is 0.227 e. The van der Waals surface area contributed by atoms with Gasteiger partial charge in [-0.3, -0.25) is 14.7 Å². The van der Waals surface area contributed by atoms with Gasteiger partial charge in [0, 0.05) is 43.5 Å². The van der Waals surface area contributed by atoms with Gasteiger partial charge in [0.1, 0.15) is 0 Å². The largest absolute Gasteiger partial charge is 0.395 e. The number of nitrogens with zero attached hydrogens (tertiary/aromatic N) is 4. The number of aliphatic hydroxyl groups excluding tert-OH is 1. The third-order valence-corrected chi connectivity index (χ3v) is 7.42. The molecule has 3 heterocycles. The van der Waals surface area contributed by atoms with Crippen molar-refractivity contribution in [1.29, 1.82) is 5.26 Å². The van der Waals surface area contributed by atoms with E-state index in [2.05, 4.69) is 40.2 Å². The summed E-state index contributed by atoms with van der Waals surface area (Å²) in [5.41, 5.74) is 4.85. The van der Waals surface area contributed by atoms with Crippen LogP contribution >= 0.6 is 0 Å². The SMILES string of the molecule is N#Cc1cccc(-c2ccc([C@H]3[C@@H](CO)N4CCCCN(C(=O)Cc5cccnc5)C[C@@H]34)cc2)c1. The number of aliphatic hydroxyl groups is 1. The molecule has 1 amide bonds. The van der Waals surface area contributed by atoms with Crippen molar-refractivity contribution in [2.45, 2.75) is 37.3 Å². The molecule has 0 unspecified atom stereocenters. The second-order valence-electron chi connectivity index (χ2n) is 9.48. The molecule has 0 saturated carbocycles. The molecule has 2 aromatic carbocycles. The summed E-state index contributed by atoms with van der Waals surface area (Å²) in [6.45, 7) is 2.51. The third-order valence-electron chi connectivity index (χ3n) is 7.42. The first-order valence-corrected chi connectivity index (χ1v) is 12.3. The molecule has 2 saturated heterocycles. The molecule has 0 spiro atoms. The van der Waals surface area contributed by atoms with Crippen LogP contribution in [0.5, 0.6) is 0 Å². The van der Waals surface area contributed by atoms with Crippen LogP contribution < -0.4 is 0 Å². The average molecular weight is 467 g/mol. The Labute approximate surface area is 206 Å². The van der Waals surface area contributed by atoms with Crippen molar-refractivity contribution in [3.05, 3.63) is 89.7 Å². The highest BCUT2D eigenvalue weighted by Crippen LogP contribution is 2.42. The number of fused-ring (bicyclic) bond motifs is 1. The van der Waals surface area contributed by atoms with Gasteiger partial charge in [0.15, 0.2) is 0 Å². The number of rotatable bonds is 5. The van der Waals surface area contributed by atoms with Crippen molar-refractivity contribution < 1.29 is 9.90 Å². The zero-order chi connectivity index (χ0) is 24.2. The molecule has 0 radical (unpaired) electrons. The van der Waals surface area contributed by atoms with Gasteiger partial charge < -0.3 is 10.0 Å². The summed E-state index contributed by atoms with van der Waals surface area (Å²) in [6, 6.07) is 22.4. The summed E-state index contributed by atoms with van der Waals surface area (Å²) in [7, 11) is 0. The first-order chi connectivity index (χ1) is 17.2. The minimum absolute atomic E-state index is 0.0705. The maximum absolute atomic E-state index is 13.2. The normalized spacial score (nSPS) is 22.3. The molecule has 0 aliphatic carbocycles. The summed E-state index contributed by atoms with van der Waals surface area (Å²) in [5.74, 6) is 0.310. The number of nitriles is 1. The zero-order valence-electron chi connectivity index (χ0n) is 19.8. The number of hydrogen-bond donors (Lipinski definition) is 1. The fraction of sp³-hybridized carbons (Fsp3) is 0.345. The first-order valence-electron chi connectivity index (χ1n) is 12.3. The van der Waals surface area contributed by atoms with Gasteiger partial charge in [-0.15, -0.1) is 0 Å². The predicted molar refractivity (Wildman–Crippen MR) is 134 cm³/mol. The third kappa shape index (κ3) is 4.84. The van der Waals surface area contributed by atoms with E-state index in [1.807, 2.05) is 41.3 Å². The van der Waals surface area contributed by atoms with Crippen LogP contribution in [0.25, 0.3) is 11.1 Å². The predicted octanol–water partition coefficient (Wildman–Crippen LogP) is 3.61. The van der Waals surface area contributed by atoms with Crippen LogP contribution in [-0.4, -0.2) is 64.1 Å². The van der Waals surface area contributed by atoms with E-state index in [-0.39, 0.29) is 30.5 Å². The van der Waals surface area contributed by atoms with Crippen LogP contribution in [-0.2, 0) is 11.2 Å². The van der Waals surface area contributed by atoms with Crippen molar-refractivity contribution >= 4 is 5.91 Å². The lowest BCUT2D eigenvalue weighted by Gasteiger charge is -2.57. The number of benzene rings is 2. The van der Waals surface area contributed by atoms with E-state index in [0.29, 0.717) is 18.5 Å². The van der Waals surface area contributed by atoms with Gasteiger partial charge >= 0.3 is 0 Å². The van der Waals surface area contributed by atoms with Gasteiger partial charge in [-0.25, -0.2) is 0 Å². The molecule has 2 aliphatic heterocycles. The lowest BCUT2D eigenvalue weighted by atomic mass is 9.74. The van der Waals surface area contributed by atoms with Gasteiger partial charge in [-0.1, -0.05) is 42.5 Å². The van der Waals surface area contributed by atoms with Crippen molar-refractivity contribution in [3.8, 4) is 17.2 Å². The molecular weight excluding hydrogens is 436 g/mol. The Balaban J connectivity index is 1.35. The summed E-state index contributed by atoms with van der Waals surface area (Å²) < 4.78 is 0. The van der Waals surface area contributed by atoms with Crippen LogP contribution in [0.15, 0.2) is 73.1 Å². The Hall–Kier alpha value is -3.53. The summed E-state index contributed by atoms with van der Waals surface area (Å²) in [5, 5.41) is 19.4. The molecule has 1 N–H and O–H groups in total. The molecule has 178 valence electrons. The lowest BCUT2D eigenvalue weighted by molar-refractivity contribution is -0.135. The lowest BCUT2D eigenvalue weighted by Crippen LogP contribution is -2.68. The highest BCUT2D eigenvalue weighted by atomic mass is 16.3. The minimum Gasteiger partial charge on any atom is -0.395 e. The Morgan fingerprint density at radius 2 is 1.89 bits per heavy atom. The molecule has 2 fully saturated rings. The molecule has 5 rings (SSSR count). The molecule has 2 aliphatic rings. The van der Waals surface area contributed by atoms with Crippen molar-refractivity contribution in [1.82, 2.24) is 14.8 Å². The Morgan fingerprint density at radius 3 is 2.63 bits per heavy atom. The first kappa shape index (κ1) is 23.2. The second kappa shape index (κ2) is 10.4. The fourth-order valence-electron chi connectivity index (χ4n) is 5.62. The molecular formula is C29H30N4O2. The highest BCUT2D eigenvalue weighted by Gasteiger charge is 2.49. The van der Waals surface area contributed by atoms with Crippen LogP contribution in [0, 0.1) is 11.3 Å². The van der Waals surface area contributed by atoms with E-state index in [1.165, 1.54) is 5.56 Å². The Bertz CT molecular complexity index is 1210. The number of hydrogen-bond acceptors (Lipinski definition) is 5. The number of carbonyl (C=O) groups is 1. The maximum atomic E-state index is 13.2. The van der Waals surface area contributed by atoms with Crippen LogP contribution in [0.2, 0.25) is 0 Å². The van der Waals surface area contributed by atoms with Crippen LogP contribution in [0.3, 0.4) is 0 Å². The van der Waals surface area contributed by atoms with E-state index >= 15 is 0 Å². The summed E-state index contributed by atoms with van der Waals surface area (Å²) in [4.78, 5) is 21.7. The molecule has 6 heteroatoms. The highest BCUT2D eigenvalue weighted by molar-refractivity contribution is 5.78. The molecule has 3 atom stereocenters. The van der Waals surface area contributed by atoms with Gasteiger partial charge in [0.05, 0.1) is 24.7 Å². The molecule has 3 aromatic rings. The van der Waals surface area contributed by atoms with E-state index in [4.69, 9.17) is 0 Å². The monoisotopic (exact) mass is 466 g/mol. The van der Waals surface area contributed by atoms with E-state index in [9.17, 15) is 15.2 Å². The number of amides is 1. The van der Waals surface area contributed by atoms with Gasteiger partial charge in [0.2, 0.25) is 5.91 Å². The van der Waals surface area contributed by atoms with E-state index in [0.717, 1.165) is 42.6 Å². The van der Waals surface area contributed by atoms with Crippen molar-refractivity contribution in [3.63, 3.8) is 0 Å². The van der Waals surface area contributed by atoms with E-state index in [1.54, 1.807) is 12.4 Å². The van der Waals surface area contributed by atoms with Crippen molar-refractivity contribution in [2.75, 3.05) is 26.2 Å². The summed E-state index contributed by atoms with van der Waals surface area (Å²) >= 11 is 0. The molecule has 6 nitrogen and oxygen atoms in total. The van der Waals surface area contributed by atoms with Gasteiger partial charge in [0.25, 0.3) is 0 Å². The molecule has 35 heavy (non-hydrogen) atoms. The standard InChI is InChI=1S/C29H30N4O2/c30-17-21-5-3-7-25(15-21)23-8-10-24(11-9-23)29-26-19-32(13-1-2-14-33(26)27(29)20-34)28(35)16-22-6-4-12-31-18-22/h3-12,15,18,26-27,29,34H,1-2,13-14,16,19-20H2/t26-,27+,29+/m0/s1. The van der Waals surface area contributed by atoms with Crippen LogP contribution in [0.1, 0.15) is 35.4 Å². The quantitative estimate of drug-likeness (QED) is 0.621. The number of aromatic nitrogens is 1. The van der Waals surface area contributed by atoms with Crippen molar-refractivity contribution in [2.24, 2.45) is 0 Å². The average Bonchev–Trinajstić information content (AvgIpc) is 2.88. The van der Waals surface area contributed by atoms with Crippen LogP contribution in [0.4, 0.5) is 0 Å². The Kier molecular flexibility index (Phi) is 6.89. The summed E-state index contributed by atoms with van der Waals surface area (Å²) in [6.07, 6.45) is 5.84. The Morgan fingerprint density at radius 1 is 1.06 bits per heavy atom. The minimum atomic E-state index is 0.0705. The second-order valence-corrected chi connectivity index (χ2v) is 9.48. The molecule has 0 bridgehead atoms. The fourth-order valence-corrected chi connectivity index (χ4v) is 5.62. The van der Waals surface area contributed by atoms with E-state index < -0.39 is 0 Å². The number of carbonyl (C=O) groups excluding carboxylic acids is 1.